The summed E-state index contributed by atoms with van der Waals surface area (Å²) in [5.41, 5.74) is -0.407. The van der Waals surface area contributed by atoms with Crippen LogP contribution in [0.4, 0.5) is 4.39 Å². The van der Waals surface area contributed by atoms with E-state index in [0.29, 0.717) is 48.9 Å². The number of fused-ring (bicyclic) bond motifs is 3. The van der Waals surface area contributed by atoms with Crippen LogP contribution in [-0.4, -0.2) is 36.0 Å². The summed E-state index contributed by atoms with van der Waals surface area (Å²) in [7, 11) is 1.61. The molecule has 0 aliphatic carbocycles. The first kappa shape index (κ1) is 23.9. The minimum absolute atomic E-state index is 0.0501. The third-order valence-electron chi connectivity index (χ3n) is 4.24. The molecule has 2 aromatic rings. The van der Waals surface area contributed by atoms with Crippen LogP contribution < -0.4 is 10.2 Å². The van der Waals surface area contributed by atoms with E-state index < -0.39 is 22.8 Å². The van der Waals surface area contributed by atoms with E-state index in [1.165, 1.54) is 10.8 Å². The predicted molar refractivity (Wildman–Crippen MR) is 114 cm³/mol. The van der Waals surface area contributed by atoms with Crippen molar-refractivity contribution in [3.05, 3.63) is 50.5 Å². The van der Waals surface area contributed by atoms with Gasteiger partial charge in [-0.1, -0.05) is 32.4 Å². The van der Waals surface area contributed by atoms with Crippen LogP contribution >= 0.6 is 11.6 Å². The molecule has 3 rings (SSSR count). The maximum atomic E-state index is 14.6. The second-order valence-electron chi connectivity index (χ2n) is 7.65. The smallest absolute Gasteiger partial charge is 0.341 e. The van der Waals surface area contributed by atoms with Gasteiger partial charge in [0.25, 0.3) is 0 Å². The van der Waals surface area contributed by atoms with E-state index in [-0.39, 0.29) is 5.69 Å². The number of hydrogen-bond donors (Lipinski definition) is 1. The van der Waals surface area contributed by atoms with E-state index in [0.717, 1.165) is 11.5 Å². The zero-order valence-electron chi connectivity index (χ0n) is 17.6. The molecule has 1 aliphatic heterocycles. The summed E-state index contributed by atoms with van der Waals surface area (Å²) in [6.45, 7) is 7.85. The summed E-state index contributed by atoms with van der Waals surface area (Å²) in [5, 5.41) is 9.36. The number of aryl methyl sites for hydroxylation is 2. The van der Waals surface area contributed by atoms with Crippen molar-refractivity contribution in [3.63, 3.8) is 0 Å². The number of aromatic nitrogens is 1. The average Bonchev–Trinajstić information content (AvgIpc) is 2.67. The molecule has 1 aromatic heterocycles. The lowest BCUT2D eigenvalue weighted by molar-refractivity contribution is 0.0693. The van der Waals surface area contributed by atoms with Gasteiger partial charge in [0.2, 0.25) is 5.43 Å². The van der Waals surface area contributed by atoms with Crippen molar-refractivity contribution < 1.29 is 23.8 Å². The molecule has 1 aromatic carbocycles. The zero-order valence-corrected chi connectivity index (χ0v) is 18.4. The fourth-order valence-electron chi connectivity index (χ4n) is 2.99. The van der Waals surface area contributed by atoms with Crippen LogP contribution in [-0.2, 0) is 17.7 Å². The van der Waals surface area contributed by atoms with Gasteiger partial charge >= 0.3 is 5.97 Å². The van der Waals surface area contributed by atoms with Crippen LogP contribution in [0.1, 0.15) is 43.1 Å². The Morgan fingerprint density at radius 1 is 1.30 bits per heavy atom. The molecule has 0 saturated carbocycles. The van der Waals surface area contributed by atoms with Crippen molar-refractivity contribution in [3.8, 4) is 17.0 Å². The second kappa shape index (κ2) is 10.6. The minimum atomic E-state index is -1.45. The Hall–Kier alpha value is -2.38. The maximum Gasteiger partial charge on any atom is 0.341 e. The molecule has 8 heteroatoms. The maximum absolute atomic E-state index is 14.6. The summed E-state index contributed by atoms with van der Waals surface area (Å²) >= 11 is 6.25. The van der Waals surface area contributed by atoms with Crippen molar-refractivity contribution in [1.82, 2.24) is 4.57 Å². The lowest BCUT2D eigenvalue weighted by atomic mass is 9.96. The molecule has 1 aliphatic rings. The van der Waals surface area contributed by atoms with Gasteiger partial charge in [-0.2, -0.15) is 0 Å². The predicted octanol–water partition coefficient (Wildman–Crippen LogP) is 4.64. The summed E-state index contributed by atoms with van der Waals surface area (Å²) in [6.07, 6.45) is 2.42. The molecule has 6 nitrogen and oxygen atoms in total. The summed E-state index contributed by atoms with van der Waals surface area (Å²) < 4.78 is 26.7. The first-order valence-electron chi connectivity index (χ1n) is 9.78. The lowest BCUT2D eigenvalue weighted by Crippen LogP contribution is -2.26. The Kier molecular flexibility index (Phi) is 8.43. The molecular formula is C22H27ClFNO5. The molecule has 0 fully saturated rings. The van der Waals surface area contributed by atoms with Crippen LogP contribution in [0.15, 0.2) is 23.1 Å². The highest BCUT2D eigenvalue weighted by Gasteiger charge is 2.26. The Labute approximate surface area is 180 Å². The molecule has 0 saturated heterocycles. The van der Waals surface area contributed by atoms with Gasteiger partial charge in [-0.05, 0) is 30.0 Å². The van der Waals surface area contributed by atoms with Crippen LogP contribution in [0, 0.1) is 11.7 Å². The average molecular weight is 440 g/mol. The van der Waals surface area contributed by atoms with Crippen LogP contribution in [0.5, 0.6) is 5.75 Å². The van der Waals surface area contributed by atoms with E-state index in [2.05, 4.69) is 20.8 Å². The standard InChI is InChI=1S/C18H17ClFNO5.C4H10/c1-25-5-2-6-26-14-7-10-3-4-21-9-12(18(23)24)17(22)15(20)16(21)11(10)8-13(14)19;1-4(2)3/h7-9H,2-6H2,1H3,(H,23,24);4H,1-3H3. The van der Waals surface area contributed by atoms with E-state index >= 15 is 0 Å². The molecule has 0 bridgehead atoms. The highest BCUT2D eigenvalue weighted by molar-refractivity contribution is 6.32. The zero-order chi connectivity index (χ0) is 22.4. The summed E-state index contributed by atoms with van der Waals surface area (Å²) in [4.78, 5) is 23.1. The second-order valence-corrected chi connectivity index (χ2v) is 8.06. The van der Waals surface area contributed by atoms with Crippen LogP contribution in [0.2, 0.25) is 5.02 Å². The largest absolute Gasteiger partial charge is 0.492 e. The van der Waals surface area contributed by atoms with Gasteiger partial charge in [0.15, 0.2) is 5.82 Å². The fourth-order valence-corrected chi connectivity index (χ4v) is 3.21. The van der Waals surface area contributed by atoms with E-state index in [1.807, 2.05) is 0 Å². The summed E-state index contributed by atoms with van der Waals surface area (Å²) in [6, 6.07) is 3.29. The monoisotopic (exact) mass is 439 g/mol. The Balaban J connectivity index is 0.000000735. The van der Waals surface area contributed by atoms with Gasteiger partial charge in [0.05, 0.1) is 17.3 Å². The first-order valence-corrected chi connectivity index (χ1v) is 10.2. The Morgan fingerprint density at radius 2 is 1.97 bits per heavy atom. The molecule has 1 N–H and O–H groups in total. The number of pyridine rings is 1. The van der Waals surface area contributed by atoms with Gasteiger partial charge in [-0.15, -0.1) is 0 Å². The van der Waals surface area contributed by atoms with Gasteiger partial charge in [-0.25, -0.2) is 9.18 Å². The molecule has 0 spiro atoms. The van der Waals surface area contributed by atoms with Crippen molar-refractivity contribution in [2.45, 2.75) is 40.2 Å². The van der Waals surface area contributed by atoms with Crippen molar-refractivity contribution in [1.29, 1.82) is 0 Å². The SMILES string of the molecule is CC(C)C.COCCCOc1cc2c(cc1Cl)-c1c(F)c(=O)c(C(=O)O)cn1CC2. The number of rotatable bonds is 6. The fraction of sp³-hybridized carbons (Fsp3) is 0.455. The number of aromatic carboxylic acids is 1. The van der Waals surface area contributed by atoms with E-state index in [4.69, 9.17) is 26.2 Å². The van der Waals surface area contributed by atoms with Gasteiger partial charge in [0.1, 0.15) is 11.3 Å². The highest BCUT2D eigenvalue weighted by Crippen LogP contribution is 2.37. The van der Waals surface area contributed by atoms with E-state index in [1.54, 1.807) is 19.2 Å². The molecule has 30 heavy (non-hydrogen) atoms. The van der Waals surface area contributed by atoms with Crippen molar-refractivity contribution >= 4 is 17.6 Å². The number of carbonyl (C=O) groups is 1. The number of carboxylic acid groups (broad SMARTS) is 1. The number of ether oxygens (including phenoxy) is 2. The first-order chi connectivity index (χ1) is 14.2. The van der Waals surface area contributed by atoms with E-state index in [9.17, 15) is 14.0 Å². The van der Waals surface area contributed by atoms with Crippen LogP contribution in [0.3, 0.4) is 0 Å². The molecule has 0 atom stereocenters. The number of hydrogen-bond acceptors (Lipinski definition) is 4. The lowest BCUT2D eigenvalue weighted by Gasteiger charge is -2.24. The molecule has 0 radical (unpaired) electrons. The molecular weight excluding hydrogens is 413 g/mol. The normalized spacial score (nSPS) is 12.0. The third kappa shape index (κ3) is 5.61. The number of benzene rings is 1. The topological polar surface area (TPSA) is 77.8 Å². The number of carboxylic acids is 1. The Morgan fingerprint density at radius 3 is 2.57 bits per heavy atom. The van der Waals surface area contributed by atoms with Crippen molar-refractivity contribution in [2.24, 2.45) is 5.92 Å². The minimum Gasteiger partial charge on any atom is -0.492 e. The van der Waals surface area contributed by atoms with Crippen molar-refractivity contribution in [2.75, 3.05) is 20.3 Å². The number of nitrogens with zero attached hydrogens (tertiary/aromatic N) is 1. The molecule has 164 valence electrons. The van der Waals surface area contributed by atoms with Gasteiger partial charge < -0.3 is 19.1 Å². The quantitative estimate of drug-likeness (QED) is 0.663. The number of methoxy groups -OCH3 is 1. The number of halogens is 2. The van der Waals surface area contributed by atoms with Crippen LogP contribution in [0.25, 0.3) is 11.3 Å². The third-order valence-corrected chi connectivity index (χ3v) is 4.54. The Bertz CT molecular complexity index is 968. The highest BCUT2D eigenvalue weighted by atomic mass is 35.5. The van der Waals surface area contributed by atoms with Gasteiger partial charge in [-0.3, -0.25) is 4.79 Å². The molecule has 0 unspecified atom stereocenters. The molecule has 2 heterocycles. The summed E-state index contributed by atoms with van der Waals surface area (Å²) in [5.74, 6) is -1.22. The molecule has 0 amide bonds. The van der Waals surface area contributed by atoms with Gasteiger partial charge in [0, 0.05) is 38.4 Å².